The number of carbonyl (C=O) groups is 1. The van der Waals surface area contributed by atoms with Crippen LogP contribution in [0, 0.1) is 0 Å². The van der Waals surface area contributed by atoms with Crippen LogP contribution >= 0.6 is 0 Å². The zero-order chi connectivity index (χ0) is 21.5. The number of aromatic amines is 1. The number of ether oxygens (including phenoxy) is 1. The first-order valence-corrected chi connectivity index (χ1v) is 10.6. The van der Waals surface area contributed by atoms with Crippen molar-refractivity contribution in [3.63, 3.8) is 0 Å². The summed E-state index contributed by atoms with van der Waals surface area (Å²) in [5, 5.41) is 8.91. The van der Waals surface area contributed by atoms with E-state index >= 15 is 0 Å². The molecule has 2 aromatic carbocycles. The molecule has 1 fully saturated rings. The molecule has 0 aliphatic heterocycles. The first-order chi connectivity index (χ1) is 15.2. The van der Waals surface area contributed by atoms with E-state index < -0.39 is 0 Å². The number of H-pyrrole nitrogens is 1. The fraction of sp³-hybridized carbons (Fsp3) is 0.240. The number of pyridine rings is 1. The number of hydrogen-bond acceptors (Lipinski definition) is 5. The quantitative estimate of drug-likeness (QED) is 0.442. The molecule has 0 bridgehead atoms. The van der Waals surface area contributed by atoms with Crippen LogP contribution in [0.2, 0.25) is 0 Å². The summed E-state index contributed by atoms with van der Waals surface area (Å²) in [6.45, 7) is 0. The number of aliphatic hydroxyl groups is 1. The first-order valence-electron chi connectivity index (χ1n) is 10.6. The monoisotopic (exact) mass is 415 g/mol. The highest BCUT2D eigenvalue weighted by Gasteiger charge is 2.14. The molecule has 0 radical (unpaired) electrons. The molecule has 0 spiro atoms. The number of ketones is 1. The van der Waals surface area contributed by atoms with Crippen LogP contribution in [0.3, 0.4) is 0 Å². The van der Waals surface area contributed by atoms with Crippen LogP contribution in [-0.4, -0.2) is 31.9 Å². The lowest BCUT2D eigenvalue weighted by Gasteiger charge is -2.14. The Morgan fingerprint density at radius 1 is 0.935 bits per heavy atom. The molecule has 1 aliphatic rings. The van der Waals surface area contributed by atoms with Gasteiger partial charge in [-0.1, -0.05) is 37.5 Å². The Hall–Kier alpha value is -3.51. The summed E-state index contributed by atoms with van der Waals surface area (Å²) in [6, 6.07) is 19.9. The Morgan fingerprint density at radius 2 is 1.68 bits per heavy atom. The largest absolute Gasteiger partial charge is 0.439 e. The lowest BCUT2D eigenvalue weighted by atomic mass is 9.98. The minimum absolute atomic E-state index is 0.0359. The Bertz CT molecular complexity index is 1080. The van der Waals surface area contributed by atoms with Gasteiger partial charge in [-0.3, -0.25) is 4.79 Å². The number of carbonyl (C=O) groups excluding carboxylic acids is 1. The zero-order valence-corrected chi connectivity index (χ0v) is 17.2. The van der Waals surface area contributed by atoms with Crippen molar-refractivity contribution in [3.8, 4) is 11.6 Å². The van der Waals surface area contributed by atoms with Gasteiger partial charge in [0.25, 0.3) is 0 Å². The van der Waals surface area contributed by atoms with E-state index in [4.69, 9.17) is 9.84 Å². The van der Waals surface area contributed by atoms with E-state index in [1.165, 1.54) is 19.3 Å². The molecule has 0 unspecified atom stereocenters. The van der Waals surface area contributed by atoms with E-state index in [2.05, 4.69) is 15.0 Å². The SMILES string of the molecule is O=C(c1ccc(Oc2ccccn2)cc1)c1nc2ccccc2[nH]1.OC1CCCCC1. The summed E-state index contributed by atoms with van der Waals surface area (Å²) in [6.07, 6.45) is 7.59. The topological polar surface area (TPSA) is 88.1 Å². The fourth-order valence-electron chi connectivity index (χ4n) is 3.48. The lowest BCUT2D eigenvalue weighted by molar-refractivity contribution is 0.103. The van der Waals surface area contributed by atoms with E-state index in [0.717, 1.165) is 23.9 Å². The van der Waals surface area contributed by atoms with Crippen molar-refractivity contribution in [1.82, 2.24) is 15.0 Å². The first kappa shape index (κ1) is 20.8. The Balaban J connectivity index is 0.000000282. The average Bonchev–Trinajstić information content (AvgIpc) is 3.25. The van der Waals surface area contributed by atoms with Crippen molar-refractivity contribution < 1.29 is 14.6 Å². The Labute approximate surface area is 180 Å². The minimum atomic E-state index is -0.157. The highest BCUT2D eigenvalue weighted by molar-refractivity contribution is 6.08. The van der Waals surface area contributed by atoms with E-state index in [-0.39, 0.29) is 11.9 Å². The number of nitrogens with one attached hydrogen (secondary N) is 1. The van der Waals surface area contributed by atoms with Gasteiger partial charge in [-0.2, -0.15) is 0 Å². The zero-order valence-electron chi connectivity index (χ0n) is 17.2. The van der Waals surface area contributed by atoms with Crippen LogP contribution in [0.1, 0.15) is 48.3 Å². The van der Waals surface area contributed by atoms with Crippen LogP contribution in [0.5, 0.6) is 11.6 Å². The van der Waals surface area contributed by atoms with Crippen LogP contribution in [0.15, 0.2) is 72.9 Å². The van der Waals surface area contributed by atoms with Gasteiger partial charge in [0.05, 0.1) is 17.1 Å². The Kier molecular flexibility index (Phi) is 6.69. The van der Waals surface area contributed by atoms with Gasteiger partial charge in [0.2, 0.25) is 11.7 Å². The summed E-state index contributed by atoms with van der Waals surface area (Å²) in [5.41, 5.74) is 2.16. The predicted octanol–water partition coefficient (Wildman–Crippen LogP) is 5.29. The van der Waals surface area contributed by atoms with Gasteiger partial charge >= 0.3 is 0 Å². The van der Waals surface area contributed by atoms with Crippen LogP contribution in [0.4, 0.5) is 0 Å². The molecule has 31 heavy (non-hydrogen) atoms. The normalized spacial score (nSPS) is 14.0. The van der Waals surface area contributed by atoms with Crippen LogP contribution in [0.25, 0.3) is 11.0 Å². The molecule has 1 aliphatic carbocycles. The van der Waals surface area contributed by atoms with Crippen molar-refractivity contribution in [2.24, 2.45) is 0 Å². The third-order valence-corrected chi connectivity index (χ3v) is 5.16. The second kappa shape index (κ2) is 10.00. The van der Waals surface area contributed by atoms with E-state index in [1.54, 1.807) is 36.5 Å². The van der Waals surface area contributed by atoms with Gasteiger partial charge in [-0.15, -0.1) is 0 Å². The van der Waals surface area contributed by atoms with Gasteiger partial charge in [-0.25, -0.2) is 9.97 Å². The van der Waals surface area contributed by atoms with E-state index in [0.29, 0.717) is 23.0 Å². The standard InChI is InChI=1S/C19H13N3O2.C6H12O/c23-18(19-21-15-5-1-2-6-16(15)22-19)13-8-10-14(11-9-13)24-17-7-3-4-12-20-17;7-6-4-2-1-3-5-6/h1-12H,(H,21,22);6-7H,1-5H2. The molecule has 0 amide bonds. The molecule has 0 saturated heterocycles. The van der Waals surface area contributed by atoms with Crippen molar-refractivity contribution in [1.29, 1.82) is 0 Å². The molecule has 6 heteroatoms. The number of nitrogens with zero attached hydrogens (tertiary/aromatic N) is 2. The van der Waals surface area contributed by atoms with E-state index in [9.17, 15) is 4.79 Å². The van der Waals surface area contributed by atoms with Crippen LogP contribution in [-0.2, 0) is 0 Å². The highest BCUT2D eigenvalue weighted by Crippen LogP contribution is 2.21. The Morgan fingerprint density at radius 3 is 2.32 bits per heavy atom. The number of benzene rings is 2. The van der Waals surface area contributed by atoms with E-state index in [1.807, 2.05) is 36.4 Å². The molecular formula is C25H25N3O3. The third kappa shape index (κ3) is 5.55. The molecule has 6 nitrogen and oxygen atoms in total. The van der Waals surface area contributed by atoms with Gasteiger partial charge in [0.1, 0.15) is 5.75 Å². The average molecular weight is 415 g/mol. The van der Waals surface area contributed by atoms with Crippen LogP contribution < -0.4 is 4.74 Å². The van der Waals surface area contributed by atoms with Gasteiger partial charge in [-0.05, 0) is 55.3 Å². The van der Waals surface area contributed by atoms with Gasteiger partial charge < -0.3 is 14.8 Å². The van der Waals surface area contributed by atoms with Crippen molar-refractivity contribution >= 4 is 16.8 Å². The van der Waals surface area contributed by atoms with Gasteiger partial charge in [0, 0.05) is 17.8 Å². The number of para-hydroxylation sites is 2. The minimum Gasteiger partial charge on any atom is -0.439 e. The fourth-order valence-corrected chi connectivity index (χ4v) is 3.48. The smallest absolute Gasteiger partial charge is 0.228 e. The predicted molar refractivity (Wildman–Crippen MR) is 119 cm³/mol. The maximum absolute atomic E-state index is 12.5. The molecule has 158 valence electrons. The summed E-state index contributed by atoms with van der Waals surface area (Å²) in [4.78, 5) is 24.0. The second-order valence-corrected chi connectivity index (χ2v) is 7.52. The molecule has 0 atom stereocenters. The number of hydrogen-bond donors (Lipinski definition) is 2. The molecule has 2 aromatic heterocycles. The third-order valence-electron chi connectivity index (χ3n) is 5.16. The highest BCUT2D eigenvalue weighted by atomic mass is 16.5. The number of aliphatic hydroxyl groups excluding tert-OH is 1. The number of fused-ring (bicyclic) bond motifs is 1. The number of rotatable bonds is 4. The number of imidazole rings is 1. The molecular weight excluding hydrogens is 390 g/mol. The van der Waals surface area contributed by atoms with Crippen molar-refractivity contribution in [3.05, 3.63) is 84.3 Å². The molecule has 5 rings (SSSR count). The maximum Gasteiger partial charge on any atom is 0.228 e. The van der Waals surface area contributed by atoms with Crippen molar-refractivity contribution in [2.75, 3.05) is 0 Å². The summed E-state index contributed by atoms with van der Waals surface area (Å²) in [5.74, 6) is 1.30. The van der Waals surface area contributed by atoms with Crippen molar-refractivity contribution in [2.45, 2.75) is 38.2 Å². The second-order valence-electron chi connectivity index (χ2n) is 7.52. The summed E-state index contributed by atoms with van der Waals surface area (Å²) >= 11 is 0. The summed E-state index contributed by atoms with van der Waals surface area (Å²) in [7, 11) is 0. The van der Waals surface area contributed by atoms with Gasteiger partial charge in [0.15, 0.2) is 5.82 Å². The molecule has 1 saturated carbocycles. The molecule has 2 N–H and O–H groups in total. The molecule has 4 aromatic rings. The lowest BCUT2D eigenvalue weighted by Crippen LogP contribution is -2.09. The maximum atomic E-state index is 12.5. The number of aromatic nitrogens is 3. The molecule has 2 heterocycles. The summed E-state index contributed by atoms with van der Waals surface area (Å²) < 4.78 is 5.62.